The van der Waals surface area contributed by atoms with Crippen molar-refractivity contribution in [1.82, 2.24) is 14.1 Å². The first-order valence-electron chi connectivity index (χ1n) is 7.32. The molecule has 0 radical (unpaired) electrons. The Labute approximate surface area is 142 Å². The number of guanidine groups is 1. The minimum Gasteiger partial charge on any atom is -0.369 e. The van der Waals surface area contributed by atoms with Crippen LogP contribution < -0.4 is 5.73 Å². The van der Waals surface area contributed by atoms with Crippen molar-refractivity contribution in [3.05, 3.63) is 47.5 Å². The topological polar surface area (TPSA) is 59.4 Å². The Morgan fingerprint density at radius 3 is 2.78 bits per heavy atom. The molecule has 0 amide bonds. The Hall–Kier alpha value is -1.99. The lowest BCUT2D eigenvalue weighted by molar-refractivity contribution is 0.550. The van der Waals surface area contributed by atoms with Crippen LogP contribution in [0.15, 0.2) is 47.6 Å². The molecular formula is C16H17N5S2. The standard InChI is InChI=1S/C16H17N5S2/c1-16(10-22-20(2)15(17)19-16)14-8-12-13(23-14)9-18-21(12)11-6-4-3-5-7-11/h3-9H,10H2,1-2H3,(H2,17,19)/t16-/m0/s1. The number of aliphatic imine (C=N–C) groups is 1. The molecule has 0 fully saturated rings. The summed E-state index contributed by atoms with van der Waals surface area (Å²) in [6.45, 7) is 2.14. The second-order valence-electron chi connectivity index (χ2n) is 5.77. The summed E-state index contributed by atoms with van der Waals surface area (Å²) < 4.78 is 5.07. The van der Waals surface area contributed by atoms with E-state index in [4.69, 9.17) is 10.7 Å². The molecule has 1 atom stereocenters. The van der Waals surface area contributed by atoms with Crippen LogP contribution in [0.25, 0.3) is 15.9 Å². The average Bonchev–Trinajstić information content (AvgIpc) is 3.13. The maximum absolute atomic E-state index is 6.02. The SMILES string of the molecule is CN1SC[C@@](C)(c2cc3c(cnn3-c3ccccc3)s2)N=C1N. The van der Waals surface area contributed by atoms with Gasteiger partial charge in [-0.1, -0.05) is 18.2 Å². The van der Waals surface area contributed by atoms with Gasteiger partial charge in [0.25, 0.3) is 0 Å². The molecule has 0 unspecified atom stereocenters. The van der Waals surface area contributed by atoms with Crippen molar-refractivity contribution in [2.24, 2.45) is 10.7 Å². The van der Waals surface area contributed by atoms with Crippen molar-refractivity contribution in [3.63, 3.8) is 0 Å². The first-order chi connectivity index (χ1) is 11.1. The number of thiophene rings is 1. The Kier molecular flexibility index (Phi) is 3.35. The summed E-state index contributed by atoms with van der Waals surface area (Å²) in [7, 11) is 1.95. The second kappa shape index (κ2) is 5.28. The summed E-state index contributed by atoms with van der Waals surface area (Å²) >= 11 is 3.45. The van der Waals surface area contributed by atoms with Crippen LogP contribution in [0.3, 0.4) is 0 Å². The molecule has 0 saturated heterocycles. The third-order valence-corrected chi connectivity index (χ3v) is 6.59. The normalized spacial score (nSPS) is 21.7. The van der Waals surface area contributed by atoms with Crippen molar-refractivity contribution >= 4 is 39.5 Å². The lowest BCUT2D eigenvalue weighted by atomic mass is 10.0. The molecule has 2 aromatic heterocycles. The fourth-order valence-electron chi connectivity index (χ4n) is 2.64. The molecule has 7 heteroatoms. The number of nitrogens with zero attached hydrogens (tertiary/aromatic N) is 4. The van der Waals surface area contributed by atoms with Gasteiger partial charge in [-0.25, -0.2) is 9.67 Å². The number of hydrogen-bond donors (Lipinski definition) is 1. The van der Waals surface area contributed by atoms with E-state index in [1.165, 1.54) is 9.58 Å². The van der Waals surface area contributed by atoms with Gasteiger partial charge in [0.15, 0.2) is 0 Å². The molecule has 1 aliphatic heterocycles. The highest BCUT2D eigenvalue weighted by Gasteiger charge is 2.34. The van der Waals surface area contributed by atoms with Crippen molar-refractivity contribution in [2.75, 3.05) is 12.8 Å². The molecule has 3 aromatic rings. The predicted molar refractivity (Wildman–Crippen MR) is 98.1 cm³/mol. The molecule has 118 valence electrons. The smallest absolute Gasteiger partial charge is 0.202 e. The highest BCUT2D eigenvalue weighted by molar-refractivity contribution is 7.97. The highest BCUT2D eigenvalue weighted by atomic mass is 32.2. The van der Waals surface area contributed by atoms with E-state index in [-0.39, 0.29) is 5.54 Å². The number of rotatable bonds is 2. The molecule has 3 heterocycles. The highest BCUT2D eigenvalue weighted by Crippen LogP contribution is 2.40. The molecule has 0 aliphatic carbocycles. The fraction of sp³-hybridized carbons (Fsp3) is 0.250. The number of hydrogen-bond acceptors (Lipinski definition) is 6. The monoisotopic (exact) mass is 343 g/mol. The first kappa shape index (κ1) is 14.6. The van der Waals surface area contributed by atoms with E-state index < -0.39 is 0 Å². The van der Waals surface area contributed by atoms with Gasteiger partial charge in [0.05, 0.1) is 22.1 Å². The Balaban J connectivity index is 1.80. The van der Waals surface area contributed by atoms with E-state index in [9.17, 15) is 0 Å². The molecule has 1 aliphatic rings. The third-order valence-electron chi connectivity index (χ3n) is 4.01. The van der Waals surface area contributed by atoms with Crippen LogP contribution in [0.2, 0.25) is 0 Å². The largest absolute Gasteiger partial charge is 0.369 e. The zero-order valence-electron chi connectivity index (χ0n) is 12.9. The zero-order chi connectivity index (χ0) is 16.0. The van der Waals surface area contributed by atoms with E-state index in [0.29, 0.717) is 5.96 Å². The summed E-state index contributed by atoms with van der Waals surface area (Å²) in [4.78, 5) is 5.94. The average molecular weight is 343 g/mol. The van der Waals surface area contributed by atoms with Crippen LogP contribution in [-0.2, 0) is 5.54 Å². The van der Waals surface area contributed by atoms with E-state index in [2.05, 4.69) is 30.2 Å². The molecule has 0 saturated carbocycles. The van der Waals surface area contributed by atoms with Crippen LogP contribution in [0, 0.1) is 0 Å². The number of nitrogens with two attached hydrogens (primary N) is 1. The van der Waals surface area contributed by atoms with E-state index in [0.717, 1.165) is 17.0 Å². The molecule has 1 aromatic carbocycles. The van der Waals surface area contributed by atoms with Gasteiger partial charge in [0.2, 0.25) is 5.96 Å². The van der Waals surface area contributed by atoms with E-state index in [1.807, 2.05) is 40.4 Å². The molecular weight excluding hydrogens is 326 g/mol. The first-order valence-corrected chi connectivity index (χ1v) is 9.08. The Morgan fingerprint density at radius 1 is 1.26 bits per heavy atom. The summed E-state index contributed by atoms with van der Waals surface area (Å²) in [6, 6.07) is 12.4. The van der Waals surface area contributed by atoms with Gasteiger partial charge in [-0.05, 0) is 37.1 Å². The van der Waals surface area contributed by atoms with Gasteiger partial charge in [0.1, 0.15) is 5.54 Å². The van der Waals surface area contributed by atoms with E-state index >= 15 is 0 Å². The summed E-state index contributed by atoms with van der Waals surface area (Å²) in [5.41, 5.74) is 7.93. The quantitative estimate of drug-likeness (QED) is 0.726. The van der Waals surface area contributed by atoms with Gasteiger partial charge in [-0.3, -0.25) is 4.31 Å². The van der Waals surface area contributed by atoms with Crippen molar-refractivity contribution in [1.29, 1.82) is 0 Å². The van der Waals surface area contributed by atoms with Crippen molar-refractivity contribution in [3.8, 4) is 5.69 Å². The molecule has 4 rings (SSSR count). The number of benzene rings is 1. The van der Waals surface area contributed by atoms with E-state index in [1.54, 1.807) is 23.3 Å². The minimum atomic E-state index is -0.285. The lowest BCUT2D eigenvalue weighted by Gasteiger charge is -2.32. The maximum Gasteiger partial charge on any atom is 0.202 e. The van der Waals surface area contributed by atoms with Gasteiger partial charge in [0, 0.05) is 17.7 Å². The van der Waals surface area contributed by atoms with Crippen LogP contribution in [-0.4, -0.2) is 32.8 Å². The van der Waals surface area contributed by atoms with Crippen LogP contribution in [0.1, 0.15) is 11.8 Å². The minimum absolute atomic E-state index is 0.285. The Morgan fingerprint density at radius 2 is 2.04 bits per heavy atom. The summed E-state index contributed by atoms with van der Waals surface area (Å²) in [5, 5.41) is 4.51. The second-order valence-corrected chi connectivity index (χ2v) is 7.95. The zero-order valence-corrected chi connectivity index (χ0v) is 14.6. The molecule has 0 bridgehead atoms. The molecule has 23 heavy (non-hydrogen) atoms. The lowest BCUT2D eigenvalue weighted by Crippen LogP contribution is -2.39. The van der Waals surface area contributed by atoms with Crippen molar-refractivity contribution in [2.45, 2.75) is 12.5 Å². The molecule has 5 nitrogen and oxygen atoms in total. The Bertz CT molecular complexity index is 882. The number of fused-ring (bicyclic) bond motifs is 1. The van der Waals surface area contributed by atoms with Crippen LogP contribution >= 0.6 is 23.3 Å². The van der Waals surface area contributed by atoms with Crippen LogP contribution in [0.4, 0.5) is 0 Å². The fourth-order valence-corrected chi connectivity index (χ4v) is 4.66. The summed E-state index contributed by atoms with van der Waals surface area (Å²) in [6.07, 6.45) is 1.93. The predicted octanol–water partition coefficient (Wildman–Crippen LogP) is 3.21. The summed E-state index contributed by atoms with van der Waals surface area (Å²) in [5.74, 6) is 1.46. The maximum atomic E-state index is 6.02. The molecule has 0 spiro atoms. The van der Waals surface area contributed by atoms with Crippen molar-refractivity contribution < 1.29 is 0 Å². The van der Waals surface area contributed by atoms with Crippen LogP contribution in [0.5, 0.6) is 0 Å². The van der Waals surface area contributed by atoms with Gasteiger partial charge in [-0.2, -0.15) is 5.10 Å². The van der Waals surface area contributed by atoms with Gasteiger partial charge >= 0.3 is 0 Å². The van der Waals surface area contributed by atoms with Gasteiger partial charge < -0.3 is 5.73 Å². The third kappa shape index (κ3) is 2.40. The number of para-hydroxylation sites is 1. The molecule has 2 N–H and O–H groups in total. The number of aromatic nitrogens is 2. The van der Waals surface area contributed by atoms with Gasteiger partial charge in [-0.15, -0.1) is 11.3 Å².